The molecule has 0 aliphatic carbocycles. The van der Waals surface area contributed by atoms with Crippen LogP contribution in [-0.4, -0.2) is 36.1 Å². The number of aromatic nitrogens is 1. The van der Waals surface area contributed by atoms with Gasteiger partial charge >= 0.3 is 0 Å². The number of pyridine rings is 1. The SMILES string of the molecule is CCN(CC)CCOc1cc(C)ccn1. The van der Waals surface area contributed by atoms with Crippen molar-refractivity contribution < 1.29 is 4.74 Å². The van der Waals surface area contributed by atoms with Gasteiger partial charge in [-0.2, -0.15) is 0 Å². The van der Waals surface area contributed by atoms with Gasteiger partial charge in [0.1, 0.15) is 6.61 Å². The van der Waals surface area contributed by atoms with E-state index >= 15 is 0 Å². The fraction of sp³-hybridized carbons (Fsp3) is 0.583. The lowest BCUT2D eigenvalue weighted by molar-refractivity contribution is 0.218. The Bertz CT molecular complexity index is 285. The number of hydrogen-bond donors (Lipinski definition) is 0. The molecular weight excluding hydrogens is 188 g/mol. The zero-order chi connectivity index (χ0) is 11.1. The highest BCUT2D eigenvalue weighted by Crippen LogP contribution is 2.07. The Morgan fingerprint density at radius 1 is 1.33 bits per heavy atom. The first-order valence-corrected chi connectivity index (χ1v) is 5.54. The summed E-state index contributed by atoms with van der Waals surface area (Å²) in [4.78, 5) is 6.48. The molecule has 0 fully saturated rings. The van der Waals surface area contributed by atoms with Crippen molar-refractivity contribution in [3.05, 3.63) is 23.9 Å². The van der Waals surface area contributed by atoms with Gasteiger partial charge in [0.2, 0.25) is 5.88 Å². The summed E-state index contributed by atoms with van der Waals surface area (Å²) in [5.74, 6) is 0.724. The summed E-state index contributed by atoms with van der Waals surface area (Å²) in [7, 11) is 0. The molecule has 0 radical (unpaired) electrons. The van der Waals surface area contributed by atoms with E-state index in [9.17, 15) is 0 Å². The molecule has 84 valence electrons. The van der Waals surface area contributed by atoms with E-state index < -0.39 is 0 Å². The molecule has 3 nitrogen and oxygen atoms in total. The predicted molar refractivity (Wildman–Crippen MR) is 62.3 cm³/mol. The molecule has 0 saturated carbocycles. The standard InChI is InChI=1S/C12H20N2O/c1-4-14(5-2)8-9-15-12-10-11(3)6-7-13-12/h6-7,10H,4-5,8-9H2,1-3H3. The maximum atomic E-state index is 5.57. The molecule has 1 aromatic heterocycles. The zero-order valence-corrected chi connectivity index (χ0v) is 9.86. The van der Waals surface area contributed by atoms with Crippen molar-refractivity contribution in [3.63, 3.8) is 0 Å². The predicted octanol–water partition coefficient (Wildman–Crippen LogP) is 2.11. The van der Waals surface area contributed by atoms with E-state index in [1.165, 1.54) is 5.56 Å². The number of rotatable bonds is 6. The summed E-state index contributed by atoms with van der Waals surface area (Å²) in [6, 6.07) is 3.93. The molecule has 0 bridgehead atoms. The second kappa shape index (κ2) is 6.40. The fourth-order valence-corrected chi connectivity index (χ4v) is 1.41. The van der Waals surface area contributed by atoms with Gasteiger partial charge in [-0.05, 0) is 31.6 Å². The Balaban J connectivity index is 2.31. The summed E-state index contributed by atoms with van der Waals surface area (Å²) in [5.41, 5.74) is 1.18. The van der Waals surface area contributed by atoms with Crippen LogP contribution in [0.5, 0.6) is 5.88 Å². The minimum absolute atomic E-state index is 0.706. The highest BCUT2D eigenvalue weighted by molar-refractivity contribution is 5.18. The normalized spacial score (nSPS) is 10.7. The van der Waals surface area contributed by atoms with Crippen LogP contribution in [-0.2, 0) is 0 Å². The van der Waals surface area contributed by atoms with Crippen LogP contribution in [0, 0.1) is 6.92 Å². The molecule has 0 spiro atoms. The third kappa shape index (κ3) is 4.30. The number of aryl methyl sites for hydroxylation is 1. The number of likely N-dealkylation sites (N-methyl/N-ethyl adjacent to an activating group) is 1. The van der Waals surface area contributed by atoms with E-state index in [2.05, 4.69) is 23.7 Å². The fourth-order valence-electron chi connectivity index (χ4n) is 1.41. The second-order valence-corrected chi connectivity index (χ2v) is 3.55. The summed E-state index contributed by atoms with van der Waals surface area (Å²) in [5, 5.41) is 0. The average molecular weight is 208 g/mol. The van der Waals surface area contributed by atoms with Crippen LogP contribution in [0.2, 0.25) is 0 Å². The third-order valence-corrected chi connectivity index (χ3v) is 2.44. The van der Waals surface area contributed by atoms with Crippen LogP contribution >= 0.6 is 0 Å². The van der Waals surface area contributed by atoms with Crippen LogP contribution in [0.15, 0.2) is 18.3 Å². The molecule has 1 rings (SSSR count). The van der Waals surface area contributed by atoms with Crippen LogP contribution in [0.25, 0.3) is 0 Å². The van der Waals surface area contributed by atoms with Crippen LogP contribution in [0.4, 0.5) is 0 Å². The van der Waals surface area contributed by atoms with E-state index in [0.29, 0.717) is 6.61 Å². The maximum absolute atomic E-state index is 5.57. The first-order valence-electron chi connectivity index (χ1n) is 5.54. The minimum Gasteiger partial charge on any atom is -0.476 e. The molecule has 0 amide bonds. The van der Waals surface area contributed by atoms with Gasteiger partial charge in [0.05, 0.1) is 0 Å². The van der Waals surface area contributed by atoms with E-state index in [1.807, 2.05) is 19.1 Å². The van der Waals surface area contributed by atoms with Gasteiger partial charge in [0, 0.05) is 18.8 Å². The summed E-state index contributed by atoms with van der Waals surface area (Å²) in [6.07, 6.45) is 1.78. The van der Waals surface area contributed by atoms with Crippen molar-refractivity contribution in [2.45, 2.75) is 20.8 Å². The van der Waals surface area contributed by atoms with E-state index in [1.54, 1.807) is 6.20 Å². The van der Waals surface area contributed by atoms with Gasteiger partial charge in [-0.25, -0.2) is 4.98 Å². The number of nitrogens with zero attached hydrogens (tertiary/aromatic N) is 2. The molecule has 0 saturated heterocycles. The molecule has 15 heavy (non-hydrogen) atoms. The van der Waals surface area contributed by atoms with Gasteiger partial charge in [0.25, 0.3) is 0 Å². The maximum Gasteiger partial charge on any atom is 0.213 e. The quantitative estimate of drug-likeness (QED) is 0.716. The monoisotopic (exact) mass is 208 g/mol. The number of ether oxygens (including phenoxy) is 1. The largest absolute Gasteiger partial charge is 0.476 e. The van der Waals surface area contributed by atoms with Gasteiger partial charge in [-0.15, -0.1) is 0 Å². The Morgan fingerprint density at radius 2 is 2.07 bits per heavy atom. The van der Waals surface area contributed by atoms with Crippen LogP contribution in [0.1, 0.15) is 19.4 Å². The van der Waals surface area contributed by atoms with Crippen molar-refractivity contribution in [2.24, 2.45) is 0 Å². The van der Waals surface area contributed by atoms with Gasteiger partial charge < -0.3 is 9.64 Å². The molecule has 1 heterocycles. The molecule has 3 heteroatoms. The van der Waals surface area contributed by atoms with Gasteiger partial charge in [0.15, 0.2) is 0 Å². The van der Waals surface area contributed by atoms with Gasteiger partial charge in [-0.1, -0.05) is 13.8 Å². The first-order chi connectivity index (χ1) is 7.26. The lowest BCUT2D eigenvalue weighted by atomic mass is 10.3. The Kier molecular flexibility index (Phi) is 5.12. The van der Waals surface area contributed by atoms with E-state index in [-0.39, 0.29) is 0 Å². The van der Waals surface area contributed by atoms with Crippen molar-refractivity contribution in [1.29, 1.82) is 0 Å². The van der Waals surface area contributed by atoms with Crippen molar-refractivity contribution >= 4 is 0 Å². The molecule has 0 aliphatic heterocycles. The van der Waals surface area contributed by atoms with E-state index in [4.69, 9.17) is 4.74 Å². The molecular formula is C12H20N2O. The summed E-state index contributed by atoms with van der Waals surface area (Å²) < 4.78 is 5.57. The highest BCUT2D eigenvalue weighted by atomic mass is 16.5. The van der Waals surface area contributed by atoms with Crippen molar-refractivity contribution in [1.82, 2.24) is 9.88 Å². The summed E-state index contributed by atoms with van der Waals surface area (Å²) >= 11 is 0. The molecule has 0 N–H and O–H groups in total. The summed E-state index contributed by atoms with van der Waals surface area (Å²) in [6.45, 7) is 10.2. The van der Waals surface area contributed by atoms with Crippen LogP contribution in [0.3, 0.4) is 0 Å². The van der Waals surface area contributed by atoms with E-state index in [0.717, 1.165) is 25.5 Å². The van der Waals surface area contributed by atoms with Gasteiger partial charge in [-0.3, -0.25) is 0 Å². The molecule has 0 atom stereocenters. The molecule has 0 aliphatic rings. The first kappa shape index (κ1) is 12.0. The zero-order valence-electron chi connectivity index (χ0n) is 9.86. The van der Waals surface area contributed by atoms with Crippen molar-refractivity contribution in [3.8, 4) is 5.88 Å². The molecule has 0 aromatic carbocycles. The van der Waals surface area contributed by atoms with Crippen LogP contribution < -0.4 is 4.74 Å². The Morgan fingerprint density at radius 3 is 2.67 bits per heavy atom. The smallest absolute Gasteiger partial charge is 0.213 e. The lowest BCUT2D eigenvalue weighted by Gasteiger charge is -2.17. The third-order valence-electron chi connectivity index (χ3n) is 2.44. The minimum atomic E-state index is 0.706. The molecule has 1 aromatic rings. The second-order valence-electron chi connectivity index (χ2n) is 3.55. The topological polar surface area (TPSA) is 25.4 Å². The average Bonchev–Trinajstić information content (AvgIpc) is 2.25. The Hall–Kier alpha value is -1.09. The number of hydrogen-bond acceptors (Lipinski definition) is 3. The Labute approximate surface area is 92.1 Å². The molecule has 0 unspecified atom stereocenters. The lowest BCUT2D eigenvalue weighted by Crippen LogP contribution is -2.28. The van der Waals surface area contributed by atoms with Crippen molar-refractivity contribution in [2.75, 3.05) is 26.2 Å². The highest BCUT2D eigenvalue weighted by Gasteiger charge is 2.00.